The minimum atomic E-state index is -0.168. The van der Waals surface area contributed by atoms with Gasteiger partial charge in [-0.3, -0.25) is 4.79 Å². The molecule has 1 amide bonds. The van der Waals surface area contributed by atoms with Gasteiger partial charge in [-0.15, -0.1) is 0 Å². The van der Waals surface area contributed by atoms with E-state index >= 15 is 0 Å². The standard InChI is InChI=1S/C22H18N2O6/c23-5-6-26-20-12-2-4-15-21(30-10-28-15)18(12)17(13-8-24-22(25)19(13)20)11-1-3-14-16(7-11)29-9-27-14/h1-4,7H,5-6,8-10,23H2,(H,24,25). The van der Waals surface area contributed by atoms with Crippen molar-refractivity contribution >= 4 is 16.7 Å². The highest BCUT2D eigenvalue weighted by Gasteiger charge is 2.33. The number of carbonyl (C=O) groups excluding carboxylic acids is 1. The number of rotatable bonds is 4. The molecule has 152 valence electrons. The summed E-state index contributed by atoms with van der Waals surface area (Å²) in [7, 11) is 0. The molecule has 0 aliphatic carbocycles. The Kier molecular flexibility index (Phi) is 3.69. The van der Waals surface area contributed by atoms with E-state index in [2.05, 4.69) is 5.32 Å². The van der Waals surface area contributed by atoms with Crippen LogP contribution in [0.1, 0.15) is 15.9 Å². The van der Waals surface area contributed by atoms with Gasteiger partial charge in [0.25, 0.3) is 5.91 Å². The monoisotopic (exact) mass is 406 g/mol. The second kappa shape index (κ2) is 6.43. The summed E-state index contributed by atoms with van der Waals surface area (Å²) in [6.45, 7) is 1.36. The quantitative estimate of drug-likeness (QED) is 0.687. The molecule has 6 rings (SSSR count). The summed E-state index contributed by atoms with van der Waals surface area (Å²) in [6.07, 6.45) is 0. The van der Waals surface area contributed by atoms with Crippen LogP contribution in [-0.2, 0) is 6.54 Å². The van der Waals surface area contributed by atoms with Gasteiger partial charge in [0.05, 0.1) is 5.56 Å². The molecule has 3 aliphatic heterocycles. The minimum Gasteiger partial charge on any atom is -0.491 e. The summed E-state index contributed by atoms with van der Waals surface area (Å²) in [5.41, 5.74) is 8.83. The van der Waals surface area contributed by atoms with Gasteiger partial charge in [0.2, 0.25) is 13.6 Å². The third-order valence-electron chi connectivity index (χ3n) is 5.54. The van der Waals surface area contributed by atoms with Crippen LogP contribution in [0.4, 0.5) is 0 Å². The first-order valence-electron chi connectivity index (χ1n) is 9.68. The maximum atomic E-state index is 12.8. The molecule has 3 heterocycles. The molecule has 3 aromatic rings. The van der Waals surface area contributed by atoms with Crippen molar-refractivity contribution in [3.63, 3.8) is 0 Å². The molecule has 0 saturated heterocycles. The highest BCUT2D eigenvalue weighted by Crippen LogP contribution is 2.51. The van der Waals surface area contributed by atoms with Gasteiger partial charge < -0.3 is 34.7 Å². The number of nitrogens with two attached hydrogens (primary N) is 1. The number of hydrogen-bond acceptors (Lipinski definition) is 7. The first-order valence-corrected chi connectivity index (χ1v) is 9.68. The Balaban J connectivity index is 1.72. The molecule has 3 N–H and O–H groups in total. The molecule has 0 bridgehead atoms. The van der Waals surface area contributed by atoms with Crippen molar-refractivity contribution in [1.82, 2.24) is 5.32 Å². The van der Waals surface area contributed by atoms with Crippen molar-refractivity contribution in [2.24, 2.45) is 5.73 Å². The Hall–Kier alpha value is -3.65. The molecule has 3 aliphatic rings. The smallest absolute Gasteiger partial charge is 0.255 e. The van der Waals surface area contributed by atoms with Crippen molar-refractivity contribution in [3.8, 4) is 39.9 Å². The molecule has 3 aromatic carbocycles. The second-order valence-corrected chi connectivity index (χ2v) is 7.17. The van der Waals surface area contributed by atoms with E-state index in [0.29, 0.717) is 54.0 Å². The number of nitrogens with one attached hydrogen (secondary N) is 1. The predicted octanol–water partition coefficient (Wildman–Crippen LogP) is 2.55. The van der Waals surface area contributed by atoms with Crippen molar-refractivity contribution in [1.29, 1.82) is 0 Å². The van der Waals surface area contributed by atoms with E-state index in [1.54, 1.807) is 0 Å². The molecule has 0 fully saturated rings. The van der Waals surface area contributed by atoms with Crippen LogP contribution in [0.5, 0.6) is 28.7 Å². The zero-order chi connectivity index (χ0) is 20.2. The van der Waals surface area contributed by atoms with Gasteiger partial charge in [-0.05, 0) is 41.0 Å². The van der Waals surface area contributed by atoms with E-state index < -0.39 is 0 Å². The molecule has 0 radical (unpaired) electrons. The van der Waals surface area contributed by atoms with Gasteiger partial charge in [0, 0.05) is 23.9 Å². The highest BCUT2D eigenvalue weighted by atomic mass is 16.7. The summed E-state index contributed by atoms with van der Waals surface area (Å²) in [6, 6.07) is 9.50. The summed E-state index contributed by atoms with van der Waals surface area (Å²) in [5.74, 6) is 3.01. The third-order valence-corrected chi connectivity index (χ3v) is 5.54. The number of ether oxygens (including phenoxy) is 5. The van der Waals surface area contributed by atoms with E-state index in [9.17, 15) is 4.79 Å². The van der Waals surface area contributed by atoms with Crippen LogP contribution in [0.3, 0.4) is 0 Å². The topological polar surface area (TPSA) is 101 Å². The largest absolute Gasteiger partial charge is 0.491 e. The Bertz CT molecular complexity index is 1220. The summed E-state index contributed by atoms with van der Waals surface area (Å²) in [4.78, 5) is 12.8. The Labute approximate surface area is 171 Å². The Morgan fingerprint density at radius 2 is 1.77 bits per heavy atom. The zero-order valence-corrected chi connectivity index (χ0v) is 15.9. The zero-order valence-electron chi connectivity index (χ0n) is 15.9. The SMILES string of the molecule is NCCOc1c2c(c(-c3ccc4c(c3)OCO4)c3c4c(ccc13)OCO4)CNC2=O. The normalized spacial score (nSPS) is 15.4. The van der Waals surface area contributed by atoms with Crippen LogP contribution >= 0.6 is 0 Å². The molecule has 0 unspecified atom stereocenters. The van der Waals surface area contributed by atoms with E-state index in [-0.39, 0.29) is 19.5 Å². The molecule has 8 nitrogen and oxygen atoms in total. The van der Waals surface area contributed by atoms with E-state index in [1.165, 1.54) is 0 Å². The Morgan fingerprint density at radius 1 is 0.967 bits per heavy atom. The van der Waals surface area contributed by atoms with Crippen LogP contribution in [0.25, 0.3) is 21.9 Å². The molecule has 30 heavy (non-hydrogen) atoms. The van der Waals surface area contributed by atoms with E-state index in [1.807, 2.05) is 30.3 Å². The lowest BCUT2D eigenvalue weighted by molar-refractivity contribution is 0.0962. The summed E-state index contributed by atoms with van der Waals surface area (Å²) < 4.78 is 28.5. The molecule has 0 spiro atoms. The van der Waals surface area contributed by atoms with Crippen LogP contribution < -0.4 is 34.7 Å². The first kappa shape index (κ1) is 17.2. The maximum Gasteiger partial charge on any atom is 0.255 e. The molecular weight excluding hydrogens is 388 g/mol. The van der Waals surface area contributed by atoms with Crippen LogP contribution in [-0.4, -0.2) is 32.6 Å². The van der Waals surface area contributed by atoms with Gasteiger partial charge in [-0.1, -0.05) is 6.07 Å². The van der Waals surface area contributed by atoms with Gasteiger partial charge >= 0.3 is 0 Å². The number of fused-ring (bicyclic) bond motifs is 5. The predicted molar refractivity (Wildman–Crippen MR) is 107 cm³/mol. The molecule has 8 heteroatoms. The van der Waals surface area contributed by atoms with Gasteiger partial charge in [-0.2, -0.15) is 0 Å². The fraction of sp³-hybridized carbons (Fsp3) is 0.227. The van der Waals surface area contributed by atoms with Gasteiger partial charge in [0.15, 0.2) is 23.0 Å². The summed E-state index contributed by atoms with van der Waals surface area (Å²) >= 11 is 0. The van der Waals surface area contributed by atoms with Crippen molar-refractivity contribution in [3.05, 3.63) is 41.5 Å². The van der Waals surface area contributed by atoms with Crippen molar-refractivity contribution < 1.29 is 28.5 Å². The highest BCUT2D eigenvalue weighted by molar-refractivity contribution is 6.15. The number of benzene rings is 3. The van der Waals surface area contributed by atoms with Crippen LogP contribution in [0.2, 0.25) is 0 Å². The van der Waals surface area contributed by atoms with Crippen LogP contribution in [0, 0.1) is 0 Å². The molecule has 0 saturated carbocycles. The summed E-state index contributed by atoms with van der Waals surface area (Å²) in [5, 5.41) is 4.54. The lowest BCUT2D eigenvalue weighted by Crippen LogP contribution is -2.15. The van der Waals surface area contributed by atoms with Gasteiger partial charge in [-0.25, -0.2) is 0 Å². The number of amides is 1. The molecule has 0 atom stereocenters. The van der Waals surface area contributed by atoms with Gasteiger partial charge in [0.1, 0.15) is 12.4 Å². The van der Waals surface area contributed by atoms with E-state index in [0.717, 1.165) is 27.5 Å². The average Bonchev–Trinajstić information content (AvgIpc) is 3.50. The maximum absolute atomic E-state index is 12.8. The lowest BCUT2D eigenvalue weighted by Gasteiger charge is -2.19. The minimum absolute atomic E-state index is 0.141. The number of hydrogen-bond donors (Lipinski definition) is 2. The third kappa shape index (κ3) is 2.34. The number of carbonyl (C=O) groups is 1. The van der Waals surface area contributed by atoms with E-state index in [4.69, 9.17) is 29.4 Å². The Morgan fingerprint density at radius 3 is 2.67 bits per heavy atom. The second-order valence-electron chi connectivity index (χ2n) is 7.17. The lowest BCUT2D eigenvalue weighted by atomic mass is 9.89. The first-order chi connectivity index (χ1) is 14.8. The average molecular weight is 406 g/mol. The van der Waals surface area contributed by atoms with Crippen molar-refractivity contribution in [2.75, 3.05) is 26.7 Å². The van der Waals surface area contributed by atoms with Crippen molar-refractivity contribution in [2.45, 2.75) is 6.54 Å². The fourth-order valence-corrected chi connectivity index (χ4v) is 4.31. The molecular formula is C22H18N2O6. The fourth-order valence-electron chi connectivity index (χ4n) is 4.31. The molecule has 0 aromatic heterocycles. The van der Waals surface area contributed by atoms with Crippen LogP contribution in [0.15, 0.2) is 30.3 Å².